The van der Waals surface area contributed by atoms with Gasteiger partial charge in [-0.15, -0.1) is 0 Å². The molecule has 3 heterocycles. The van der Waals surface area contributed by atoms with E-state index in [1.807, 2.05) is 25.5 Å². The van der Waals surface area contributed by atoms with Crippen molar-refractivity contribution in [3.05, 3.63) is 47.0 Å². The van der Waals surface area contributed by atoms with Gasteiger partial charge in [0.05, 0.1) is 11.8 Å². The molecule has 6 rings (SSSR count). The molecule has 0 unspecified atom stereocenters. The number of H-pyrrole nitrogens is 1. The second-order valence-electron chi connectivity index (χ2n) is 9.09. The van der Waals surface area contributed by atoms with Gasteiger partial charge in [-0.1, -0.05) is 6.42 Å². The first-order valence-corrected chi connectivity index (χ1v) is 10.6. The third-order valence-electron chi connectivity index (χ3n) is 6.86. The SMILES string of the molecule is Cn1cc(-c2cc(NOC3CC3)ccc2N2CC3(CCC3)C2)c2cc[nH]c2c1=O. The van der Waals surface area contributed by atoms with Gasteiger partial charge >= 0.3 is 0 Å². The van der Waals surface area contributed by atoms with Crippen LogP contribution in [-0.2, 0) is 11.9 Å². The van der Waals surface area contributed by atoms with E-state index in [1.165, 1.54) is 24.9 Å². The van der Waals surface area contributed by atoms with E-state index in [4.69, 9.17) is 4.84 Å². The maximum Gasteiger partial charge on any atom is 0.274 e. The standard InChI is InChI=1S/C23H26N4O2/c1-26-12-19(17-7-10-24-21(17)22(26)28)18-11-15(25-29-16-4-5-16)3-6-20(18)27-13-23(14-27)8-2-9-23/h3,6-7,10-12,16,24-25H,2,4-5,8-9,13-14H2,1H3. The Morgan fingerprint density at radius 3 is 2.72 bits per heavy atom. The summed E-state index contributed by atoms with van der Waals surface area (Å²) in [6.45, 7) is 2.26. The fourth-order valence-corrected chi connectivity index (χ4v) is 4.84. The molecule has 6 heteroatoms. The van der Waals surface area contributed by atoms with Crippen LogP contribution in [0, 0.1) is 5.41 Å². The molecule has 0 bridgehead atoms. The van der Waals surface area contributed by atoms with E-state index in [1.54, 1.807) is 4.57 Å². The molecule has 2 aliphatic carbocycles. The molecule has 2 saturated carbocycles. The minimum absolute atomic E-state index is 0.000910. The lowest BCUT2D eigenvalue weighted by atomic mass is 9.63. The third-order valence-corrected chi connectivity index (χ3v) is 6.86. The summed E-state index contributed by atoms with van der Waals surface area (Å²) in [6.07, 6.45) is 10.5. The minimum atomic E-state index is -0.000910. The normalized spacial score (nSPS) is 20.0. The van der Waals surface area contributed by atoms with Crippen molar-refractivity contribution in [2.24, 2.45) is 12.5 Å². The van der Waals surface area contributed by atoms with Gasteiger partial charge in [-0.25, -0.2) is 0 Å². The highest BCUT2D eigenvalue weighted by atomic mass is 16.7. The van der Waals surface area contributed by atoms with Crippen LogP contribution in [0.5, 0.6) is 0 Å². The molecule has 3 aromatic rings. The first-order valence-electron chi connectivity index (χ1n) is 10.6. The predicted octanol–water partition coefficient (Wildman–Crippen LogP) is 4.03. The Morgan fingerprint density at radius 2 is 2.00 bits per heavy atom. The van der Waals surface area contributed by atoms with E-state index < -0.39 is 0 Å². The zero-order valence-corrected chi connectivity index (χ0v) is 16.7. The molecule has 1 aromatic carbocycles. The van der Waals surface area contributed by atoms with Crippen molar-refractivity contribution in [2.45, 2.75) is 38.2 Å². The lowest BCUT2D eigenvalue weighted by molar-refractivity contribution is 0.0905. The highest BCUT2D eigenvalue weighted by Crippen LogP contribution is 2.51. The van der Waals surface area contributed by atoms with Gasteiger partial charge in [-0.2, -0.15) is 0 Å². The van der Waals surface area contributed by atoms with E-state index in [-0.39, 0.29) is 5.56 Å². The summed E-state index contributed by atoms with van der Waals surface area (Å²) in [5.74, 6) is 0. The number of hydrogen-bond donors (Lipinski definition) is 2. The van der Waals surface area contributed by atoms with Crippen LogP contribution in [-0.4, -0.2) is 28.7 Å². The van der Waals surface area contributed by atoms with Crippen molar-refractivity contribution in [3.63, 3.8) is 0 Å². The largest absolute Gasteiger partial charge is 0.370 e. The maximum absolute atomic E-state index is 12.5. The zero-order valence-electron chi connectivity index (χ0n) is 16.7. The molecule has 6 nitrogen and oxygen atoms in total. The minimum Gasteiger partial charge on any atom is -0.370 e. The quantitative estimate of drug-likeness (QED) is 0.646. The number of anilines is 2. The van der Waals surface area contributed by atoms with Crippen molar-refractivity contribution in [2.75, 3.05) is 23.5 Å². The average Bonchev–Trinajstić information content (AvgIpc) is 3.35. The van der Waals surface area contributed by atoms with Crippen LogP contribution in [0.1, 0.15) is 32.1 Å². The molecule has 2 aromatic heterocycles. The number of hydrogen-bond acceptors (Lipinski definition) is 4. The molecule has 0 amide bonds. The molecule has 3 fully saturated rings. The topological polar surface area (TPSA) is 62.3 Å². The third kappa shape index (κ3) is 2.77. The van der Waals surface area contributed by atoms with Crippen LogP contribution in [0.3, 0.4) is 0 Å². The molecule has 29 heavy (non-hydrogen) atoms. The van der Waals surface area contributed by atoms with Gasteiger partial charge in [-0.3, -0.25) is 15.1 Å². The number of aromatic nitrogens is 2. The highest BCUT2D eigenvalue weighted by molar-refractivity contribution is 5.98. The molecule has 1 saturated heterocycles. The number of rotatable bonds is 5. The fourth-order valence-electron chi connectivity index (χ4n) is 4.84. The molecule has 3 aliphatic rings. The first-order chi connectivity index (χ1) is 14.1. The molecular weight excluding hydrogens is 364 g/mol. The average molecular weight is 390 g/mol. The summed E-state index contributed by atoms with van der Waals surface area (Å²) < 4.78 is 1.67. The van der Waals surface area contributed by atoms with Crippen LogP contribution in [0.15, 0.2) is 41.5 Å². The summed E-state index contributed by atoms with van der Waals surface area (Å²) in [7, 11) is 1.82. The molecule has 0 atom stereocenters. The second kappa shape index (κ2) is 6.13. The van der Waals surface area contributed by atoms with Crippen molar-refractivity contribution in [1.82, 2.24) is 9.55 Å². The molecule has 150 valence electrons. The highest BCUT2D eigenvalue weighted by Gasteiger charge is 2.47. The summed E-state index contributed by atoms with van der Waals surface area (Å²) in [5.41, 5.74) is 8.74. The fraction of sp³-hybridized carbons (Fsp3) is 0.435. The molecule has 2 N–H and O–H groups in total. The number of nitrogens with one attached hydrogen (secondary N) is 2. The number of benzene rings is 1. The Labute approximate surface area is 169 Å². The number of fused-ring (bicyclic) bond motifs is 1. The number of pyridine rings is 1. The predicted molar refractivity (Wildman–Crippen MR) is 115 cm³/mol. The van der Waals surface area contributed by atoms with Crippen molar-refractivity contribution >= 4 is 22.3 Å². The van der Waals surface area contributed by atoms with Crippen molar-refractivity contribution in [1.29, 1.82) is 0 Å². The summed E-state index contributed by atoms with van der Waals surface area (Å²) in [4.78, 5) is 23.9. The van der Waals surface area contributed by atoms with Crippen LogP contribution < -0.4 is 15.9 Å². The number of aryl methyl sites for hydroxylation is 1. The number of nitrogens with zero attached hydrogens (tertiary/aromatic N) is 2. The van der Waals surface area contributed by atoms with E-state index in [2.05, 4.69) is 33.6 Å². The smallest absolute Gasteiger partial charge is 0.274 e. The van der Waals surface area contributed by atoms with Crippen LogP contribution in [0.25, 0.3) is 22.0 Å². The Balaban J connectivity index is 1.45. The van der Waals surface area contributed by atoms with Gasteiger partial charge in [0.15, 0.2) is 0 Å². The molecule has 1 aliphatic heterocycles. The lowest BCUT2D eigenvalue weighted by Crippen LogP contribution is -2.60. The molecule has 1 spiro atoms. The second-order valence-corrected chi connectivity index (χ2v) is 9.09. The maximum atomic E-state index is 12.5. The monoisotopic (exact) mass is 390 g/mol. The van der Waals surface area contributed by atoms with Gasteiger partial charge in [0, 0.05) is 60.1 Å². The Morgan fingerprint density at radius 1 is 1.17 bits per heavy atom. The van der Waals surface area contributed by atoms with Gasteiger partial charge < -0.3 is 14.5 Å². The van der Waals surface area contributed by atoms with Gasteiger partial charge in [0.1, 0.15) is 5.52 Å². The van der Waals surface area contributed by atoms with E-state index in [9.17, 15) is 4.79 Å². The Bertz CT molecular complexity index is 1150. The van der Waals surface area contributed by atoms with Gasteiger partial charge in [0.25, 0.3) is 5.56 Å². The van der Waals surface area contributed by atoms with Gasteiger partial charge in [-0.05, 0) is 49.9 Å². The molecule has 0 radical (unpaired) electrons. The summed E-state index contributed by atoms with van der Waals surface area (Å²) in [5, 5.41) is 0.966. The molecular formula is C23H26N4O2. The summed E-state index contributed by atoms with van der Waals surface area (Å²) >= 11 is 0. The Kier molecular flexibility index (Phi) is 3.63. The van der Waals surface area contributed by atoms with E-state index in [0.717, 1.165) is 48.1 Å². The van der Waals surface area contributed by atoms with Crippen LogP contribution >= 0.6 is 0 Å². The lowest BCUT2D eigenvalue weighted by Gasteiger charge is -2.57. The van der Waals surface area contributed by atoms with E-state index in [0.29, 0.717) is 17.0 Å². The van der Waals surface area contributed by atoms with Crippen molar-refractivity contribution in [3.8, 4) is 11.1 Å². The van der Waals surface area contributed by atoms with Crippen LogP contribution in [0.2, 0.25) is 0 Å². The zero-order chi connectivity index (χ0) is 19.6. The number of aromatic amines is 1. The van der Waals surface area contributed by atoms with Gasteiger partial charge in [0.2, 0.25) is 0 Å². The van der Waals surface area contributed by atoms with Crippen LogP contribution in [0.4, 0.5) is 11.4 Å². The first kappa shape index (κ1) is 17.2. The Hall–Kier alpha value is -2.73. The van der Waals surface area contributed by atoms with Crippen molar-refractivity contribution < 1.29 is 4.84 Å². The van der Waals surface area contributed by atoms with E-state index >= 15 is 0 Å². The summed E-state index contributed by atoms with van der Waals surface area (Å²) in [6, 6.07) is 8.46.